The maximum atomic E-state index is 12.3. The van der Waals surface area contributed by atoms with Crippen LogP contribution in [0, 0.1) is 11.8 Å². The number of nitrogens with zero attached hydrogens (tertiary/aromatic N) is 2. The zero-order chi connectivity index (χ0) is 15.8. The molecule has 4 atom stereocenters. The van der Waals surface area contributed by atoms with Gasteiger partial charge in [-0.1, -0.05) is 30.3 Å². The Bertz CT molecular complexity index is 547. The van der Waals surface area contributed by atoms with Crippen LogP contribution in [0.15, 0.2) is 30.3 Å². The molecule has 2 N–H and O–H groups in total. The Morgan fingerprint density at radius 1 is 1.00 bits per heavy atom. The number of benzene rings is 1. The molecule has 4 rings (SSSR count). The van der Waals surface area contributed by atoms with E-state index in [1.807, 2.05) is 18.2 Å². The first-order valence-electron chi connectivity index (χ1n) is 9.02. The minimum Gasteiger partial charge on any atom is -0.337 e. The van der Waals surface area contributed by atoms with E-state index in [2.05, 4.69) is 21.9 Å². The number of likely N-dealkylation sites (tertiary alicyclic amines) is 2. The molecule has 2 saturated heterocycles. The summed E-state index contributed by atoms with van der Waals surface area (Å²) >= 11 is 0. The molecule has 2 heterocycles. The fraction of sp³-hybridized carbons (Fsp3) is 0.632. The Hall–Kier alpha value is -1.39. The average Bonchev–Trinajstić information content (AvgIpc) is 2.79. The SMILES string of the molecule is NC1[C@@H]2CC[C@H]1CN([C@@H]1CCC(=O)N(Cc3ccccc3)C1)C2. The summed E-state index contributed by atoms with van der Waals surface area (Å²) in [5, 5.41) is 0. The first-order valence-corrected chi connectivity index (χ1v) is 9.02. The Morgan fingerprint density at radius 3 is 2.39 bits per heavy atom. The molecule has 1 aliphatic carbocycles. The van der Waals surface area contributed by atoms with Crippen LogP contribution in [-0.4, -0.2) is 47.4 Å². The molecule has 4 nitrogen and oxygen atoms in total. The smallest absolute Gasteiger partial charge is 0.222 e. The molecule has 23 heavy (non-hydrogen) atoms. The Labute approximate surface area is 138 Å². The summed E-state index contributed by atoms with van der Waals surface area (Å²) in [7, 11) is 0. The van der Waals surface area contributed by atoms with Gasteiger partial charge in [-0.2, -0.15) is 0 Å². The van der Waals surface area contributed by atoms with E-state index in [0.29, 0.717) is 36.2 Å². The van der Waals surface area contributed by atoms with Gasteiger partial charge in [0.15, 0.2) is 0 Å². The van der Waals surface area contributed by atoms with E-state index in [-0.39, 0.29) is 0 Å². The van der Waals surface area contributed by atoms with Gasteiger partial charge in [-0.3, -0.25) is 9.69 Å². The van der Waals surface area contributed by atoms with Crippen LogP contribution in [0.3, 0.4) is 0 Å². The number of carbonyl (C=O) groups excluding carboxylic acids is 1. The predicted molar refractivity (Wildman–Crippen MR) is 90.6 cm³/mol. The molecule has 0 aromatic heterocycles. The summed E-state index contributed by atoms with van der Waals surface area (Å²) in [6.45, 7) is 3.89. The third-order valence-electron chi connectivity index (χ3n) is 6.14. The quantitative estimate of drug-likeness (QED) is 0.926. The summed E-state index contributed by atoms with van der Waals surface area (Å²) < 4.78 is 0. The van der Waals surface area contributed by atoms with Gasteiger partial charge in [0, 0.05) is 44.7 Å². The van der Waals surface area contributed by atoms with Gasteiger partial charge in [0.2, 0.25) is 5.91 Å². The van der Waals surface area contributed by atoms with Crippen LogP contribution in [0.1, 0.15) is 31.2 Å². The number of hydrogen-bond donors (Lipinski definition) is 1. The molecule has 3 fully saturated rings. The van der Waals surface area contributed by atoms with E-state index in [0.717, 1.165) is 32.6 Å². The van der Waals surface area contributed by atoms with Crippen LogP contribution < -0.4 is 5.73 Å². The maximum Gasteiger partial charge on any atom is 0.222 e. The first-order chi connectivity index (χ1) is 11.2. The van der Waals surface area contributed by atoms with Crippen LogP contribution in [0.4, 0.5) is 0 Å². The second-order valence-corrected chi connectivity index (χ2v) is 7.58. The fourth-order valence-corrected chi connectivity index (χ4v) is 4.75. The summed E-state index contributed by atoms with van der Waals surface area (Å²) in [6.07, 6.45) is 4.29. The normalized spacial score (nSPS) is 34.8. The van der Waals surface area contributed by atoms with Gasteiger partial charge in [-0.05, 0) is 36.7 Å². The van der Waals surface area contributed by atoms with E-state index in [4.69, 9.17) is 5.73 Å². The topological polar surface area (TPSA) is 49.6 Å². The molecule has 0 spiro atoms. The van der Waals surface area contributed by atoms with Gasteiger partial charge in [-0.25, -0.2) is 0 Å². The van der Waals surface area contributed by atoms with Crippen LogP contribution in [0.2, 0.25) is 0 Å². The molecular weight excluding hydrogens is 286 g/mol. The number of piperidine rings is 2. The van der Waals surface area contributed by atoms with Crippen molar-refractivity contribution in [3.8, 4) is 0 Å². The molecule has 2 bridgehead atoms. The van der Waals surface area contributed by atoms with Crippen molar-refractivity contribution in [3.05, 3.63) is 35.9 Å². The molecule has 4 heteroatoms. The predicted octanol–water partition coefficient (Wildman–Crippen LogP) is 1.85. The summed E-state index contributed by atoms with van der Waals surface area (Å²) in [4.78, 5) is 17.0. The zero-order valence-corrected chi connectivity index (χ0v) is 13.7. The molecular formula is C19H27N3O. The molecule has 1 aromatic carbocycles. The van der Waals surface area contributed by atoms with Crippen LogP contribution >= 0.6 is 0 Å². The Kier molecular flexibility index (Phi) is 4.12. The van der Waals surface area contributed by atoms with Crippen molar-refractivity contribution in [2.45, 2.75) is 44.3 Å². The van der Waals surface area contributed by atoms with Crippen molar-refractivity contribution in [3.63, 3.8) is 0 Å². The molecule has 0 radical (unpaired) electrons. The monoisotopic (exact) mass is 313 g/mol. The molecule has 1 unspecified atom stereocenters. The second kappa shape index (κ2) is 6.25. The lowest BCUT2D eigenvalue weighted by Gasteiger charge is -2.44. The van der Waals surface area contributed by atoms with Gasteiger partial charge < -0.3 is 10.6 Å². The Morgan fingerprint density at radius 2 is 1.70 bits per heavy atom. The molecule has 1 saturated carbocycles. The number of amides is 1. The van der Waals surface area contributed by atoms with Gasteiger partial charge >= 0.3 is 0 Å². The van der Waals surface area contributed by atoms with Crippen molar-refractivity contribution in [1.82, 2.24) is 9.80 Å². The van der Waals surface area contributed by atoms with Gasteiger partial charge in [0.05, 0.1) is 0 Å². The summed E-state index contributed by atoms with van der Waals surface area (Å²) in [5.41, 5.74) is 7.56. The average molecular weight is 313 g/mol. The zero-order valence-electron chi connectivity index (χ0n) is 13.7. The van der Waals surface area contributed by atoms with Gasteiger partial charge in [-0.15, -0.1) is 0 Å². The maximum absolute atomic E-state index is 12.3. The van der Waals surface area contributed by atoms with E-state index in [9.17, 15) is 4.79 Å². The van der Waals surface area contributed by atoms with Crippen molar-refractivity contribution in [2.24, 2.45) is 17.6 Å². The number of carbonyl (C=O) groups is 1. The van der Waals surface area contributed by atoms with Crippen LogP contribution in [0.5, 0.6) is 0 Å². The van der Waals surface area contributed by atoms with Gasteiger partial charge in [0.1, 0.15) is 0 Å². The van der Waals surface area contributed by atoms with Crippen molar-refractivity contribution >= 4 is 5.91 Å². The lowest BCUT2D eigenvalue weighted by Crippen LogP contribution is -2.56. The molecule has 3 aliphatic rings. The minimum absolute atomic E-state index is 0.307. The number of rotatable bonds is 3. The standard InChI is InChI=1S/C19H27N3O/c20-19-15-6-7-16(19)12-21(11-15)17-8-9-18(23)22(13-17)10-14-4-2-1-3-5-14/h1-5,15-17,19H,6-13,20H2/t15-,16+,17-,19?/m1/s1. The summed E-state index contributed by atoms with van der Waals surface area (Å²) in [5.74, 6) is 1.66. The van der Waals surface area contributed by atoms with Gasteiger partial charge in [0.25, 0.3) is 0 Å². The van der Waals surface area contributed by atoms with E-state index >= 15 is 0 Å². The molecule has 1 aromatic rings. The van der Waals surface area contributed by atoms with Crippen molar-refractivity contribution in [2.75, 3.05) is 19.6 Å². The summed E-state index contributed by atoms with van der Waals surface area (Å²) in [6, 6.07) is 11.3. The minimum atomic E-state index is 0.307. The molecule has 1 amide bonds. The van der Waals surface area contributed by atoms with E-state index in [1.54, 1.807) is 0 Å². The first kappa shape index (κ1) is 15.2. The lowest BCUT2D eigenvalue weighted by atomic mass is 9.90. The second-order valence-electron chi connectivity index (χ2n) is 7.58. The van der Waals surface area contributed by atoms with Crippen molar-refractivity contribution < 1.29 is 4.79 Å². The lowest BCUT2D eigenvalue weighted by molar-refractivity contribution is -0.136. The van der Waals surface area contributed by atoms with Crippen molar-refractivity contribution in [1.29, 1.82) is 0 Å². The number of hydrogen-bond acceptors (Lipinski definition) is 3. The third-order valence-corrected chi connectivity index (χ3v) is 6.14. The highest BCUT2D eigenvalue weighted by Crippen LogP contribution is 2.37. The number of nitrogens with two attached hydrogens (primary N) is 1. The number of fused-ring (bicyclic) bond motifs is 2. The third kappa shape index (κ3) is 3.02. The van der Waals surface area contributed by atoms with Crippen LogP contribution in [-0.2, 0) is 11.3 Å². The van der Waals surface area contributed by atoms with E-state index in [1.165, 1.54) is 18.4 Å². The highest BCUT2D eigenvalue weighted by Gasteiger charge is 2.42. The molecule has 2 aliphatic heterocycles. The Balaban J connectivity index is 1.42. The van der Waals surface area contributed by atoms with Crippen LogP contribution in [0.25, 0.3) is 0 Å². The highest BCUT2D eigenvalue weighted by atomic mass is 16.2. The molecule has 124 valence electrons. The fourth-order valence-electron chi connectivity index (χ4n) is 4.75. The highest BCUT2D eigenvalue weighted by molar-refractivity contribution is 5.77. The largest absolute Gasteiger partial charge is 0.337 e. The van der Waals surface area contributed by atoms with E-state index < -0.39 is 0 Å².